The van der Waals surface area contributed by atoms with Crippen molar-refractivity contribution in [1.29, 1.82) is 0 Å². The fourth-order valence-corrected chi connectivity index (χ4v) is 1.21. The molecule has 1 aliphatic carbocycles. The van der Waals surface area contributed by atoms with Gasteiger partial charge in [0, 0.05) is 11.7 Å². The van der Waals surface area contributed by atoms with Gasteiger partial charge in [0.25, 0.3) is 5.91 Å². The van der Waals surface area contributed by atoms with Crippen LogP contribution < -0.4 is 11.1 Å². The fourth-order valence-electron chi connectivity index (χ4n) is 1.21. The Morgan fingerprint density at radius 1 is 1.50 bits per heavy atom. The Kier molecular flexibility index (Phi) is 2.11. The molecule has 14 heavy (non-hydrogen) atoms. The van der Waals surface area contributed by atoms with Gasteiger partial charge in [-0.15, -0.1) is 0 Å². The number of nitrogens with two attached hydrogens (primary N) is 1. The van der Waals surface area contributed by atoms with Gasteiger partial charge >= 0.3 is 0 Å². The van der Waals surface area contributed by atoms with Crippen molar-refractivity contribution in [2.45, 2.75) is 18.9 Å². The van der Waals surface area contributed by atoms with E-state index in [9.17, 15) is 9.18 Å². The number of amides is 1. The first-order chi connectivity index (χ1) is 6.66. The Balaban J connectivity index is 2.20. The van der Waals surface area contributed by atoms with E-state index in [-0.39, 0.29) is 17.5 Å². The Hall–Kier alpha value is -1.58. The minimum atomic E-state index is -0.530. The average molecular weight is 194 g/mol. The summed E-state index contributed by atoms with van der Waals surface area (Å²) >= 11 is 0. The highest BCUT2D eigenvalue weighted by Crippen LogP contribution is 2.20. The second-order valence-electron chi connectivity index (χ2n) is 3.49. The van der Waals surface area contributed by atoms with E-state index in [0.29, 0.717) is 5.69 Å². The third-order valence-corrected chi connectivity index (χ3v) is 2.15. The first-order valence-electron chi connectivity index (χ1n) is 4.52. The van der Waals surface area contributed by atoms with Crippen molar-refractivity contribution in [1.82, 2.24) is 5.32 Å². The molecular weight excluding hydrogens is 183 g/mol. The number of benzene rings is 1. The smallest absolute Gasteiger partial charge is 0.254 e. The van der Waals surface area contributed by atoms with Crippen LogP contribution in [0.25, 0.3) is 0 Å². The zero-order valence-corrected chi connectivity index (χ0v) is 7.59. The summed E-state index contributed by atoms with van der Waals surface area (Å²) in [5.41, 5.74) is 5.89. The van der Waals surface area contributed by atoms with Crippen molar-refractivity contribution in [2.75, 3.05) is 5.73 Å². The Morgan fingerprint density at radius 3 is 2.86 bits per heavy atom. The number of nitrogen functional groups attached to an aromatic ring is 1. The molecule has 1 aromatic rings. The lowest BCUT2D eigenvalue weighted by Gasteiger charge is -2.04. The number of halogens is 1. The maximum absolute atomic E-state index is 13.2. The van der Waals surface area contributed by atoms with Crippen LogP contribution in [0.5, 0.6) is 0 Å². The van der Waals surface area contributed by atoms with Gasteiger partial charge in [0.2, 0.25) is 0 Å². The lowest BCUT2D eigenvalue weighted by atomic mass is 10.2. The quantitative estimate of drug-likeness (QED) is 0.697. The van der Waals surface area contributed by atoms with E-state index >= 15 is 0 Å². The molecule has 4 heteroatoms. The van der Waals surface area contributed by atoms with E-state index in [0.717, 1.165) is 12.8 Å². The summed E-state index contributed by atoms with van der Waals surface area (Å²) in [6.45, 7) is 0. The second-order valence-corrected chi connectivity index (χ2v) is 3.49. The molecule has 0 radical (unpaired) electrons. The Labute approximate surface area is 81.1 Å². The fraction of sp³-hybridized carbons (Fsp3) is 0.300. The molecule has 2 rings (SSSR count). The minimum absolute atomic E-state index is 0.0249. The van der Waals surface area contributed by atoms with Gasteiger partial charge < -0.3 is 11.1 Å². The lowest BCUT2D eigenvalue weighted by molar-refractivity contribution is 0.0947. The zero-order valence-electron chi connectivity index (χ0n) is 7.59. The summed E-state index contributed by atoms with van der Waals surface area (Å²) in [5.74, 6) is -0.908. The lowest BCUT2D eigenvalue weighted by Crippen LogP contribution is -2.26. The Bertz CT molecular complexity index is 374. The van der Waals surface area contributed by atoms with Gasteiger partial charge in [-0.05, 0) is 31.0 Å². The van der Waals surface area contributed by atoms with Crippen molar-refractivity contribution in [3.05, 3.63) is 29.6 Å². The molecule has 1 amide bonds. The SMILES string of the molecule is Nc1ccc(F)c(C(=O)NC2CC2)c1. The summed E-state index contributed by atoms with van der Waals surface area (Å²) in [7, 11) is 0. The number of carbonyl (C=O) groups excluding carboxylic acids is 1. The van der Waals surface area contributed by atoms with Crippen LogP contribution in [0.15, 0.2) is 18.2 Å². The molecule has 0 atom stereocenters. The Morgan fingerprint density at radius 2 is 2.21 bits per heavy atom. The van der Waals surface area contributed by atoms with Crippen molar-refractivity contribution < 1.29 is 9.18 Å². The largest absolute Gasteiger partial charge is 0.399 e. The van der Waals surface area contributed by atoms with E-state index in [4.69, 9.17) is 5.73 Å². The zero-order chi connectivity index (χ0) is 10.1. The molecule has 1 aliphatic rings. The first-order valence-corrected chi connectivity index (χ1v) is 4.52. The summed E-state index contributed by atoms with van der Waals surface area (Å²) in [6.07, 6.45) is 1.96. The third-order valence-electron chi connectivity index (χ3n) is 2.15. The summed E-state index contributed by atoms with van der Waals surface area (Å²) in [6, 6.07) is 4.22. The highest BCUT2D eigenvalue weighted by Gasteiger charge is 2.24. The molecule has 74 valence electrons. The standard InChI is InChI=1S/C10H11FN2O/c11-9-4-1-6(12)5-8(9)10(14)13-7-2-3-7/h1,4-5,7H,2-3,12H2,(H,13,14). The van der Waals surface area contributed by atoms with Gasteiger partial charge in [-0.3, -0.25) is 4.79 Å². The molecule has 1 fully saturated rings. The molecule has 1 aromatic carbocycles. The van der Waals surface area contributed by atoms with Crippen LogP contribution in [0.4, 0.5) is 10.1 Å². The molecule has 3 nitrogen and oxygen atoms in total. The topological polar surface area (TPSA) is 55.1 Å². The summed E-state index contributed by atoms with van der Waals surface area (Å²) in [5, 5.41) is 2.70. The van der Waals surface area contributed by atoms with Crippen LogP contribution in [-0.4, -0.2) is 11.9 Å². The van der Waals surface area contributed by atoms with Crippen molar-refractivity contribution >= 4 is 11.6 Å². The van der Waals surface area contributed by atoms with Crippen LogP contribution in [-0.2, 0) is 0 Å². The van der Waals surface area contributed by atoms with Crippen LogP contribution in [0, 0.1) is 5.82 Å². The first kappa shape index (κ1) is 8.99. The molecule has 0 unspecified atom stereocenters. The molecule has 0 saturated heterocycles. The van der Waals surface area contributed by atoms with Gasteiger partial charge in [0.1, 0.15) is 5.82 Å². The van der Waals surface area contributed by atoms with Crippen LogP contribution >= 0.6 is 0 Å². The van der Waals surface area contributed by atoms with Gasteiger partial charge in [0.05, 0.1) is 5.56 Å². The molecule has 0 spiro atoms. The van der Waals surface area contributed by atoms with E-state index in [1.165, 1.54) is 18.2 Å². The summed E-state index contributed by atoms with van der Waals surface area (Å²) in [4.78, 5) is 11.5. The van der Waals surface area contributed by atoms with Crippen LogP contribution in [0.1, 0.15) is 23.2 Å². The molecule has 0 heterocycles. The van der Waals surface area contributed by atoms with E-state index < -0.39 is 5.82 Å². The van der Waals surface area contributed by atoms with Crippen molar-refractivity contribution in [3.8, 4) is 0 Å². The van der Waals surface area contributed by atoms with Gasteiger partial charge in [-0.25, -0.2) is 4.39 Å². The molecular formula is C10H11FN2O. The maximum atomic E-state index is 13.2. The number of rotatable bonds is 2. The molecule has 0 bridgehead atoms. The van der Waals surface area contributed by atoms with E-state index in [2.05, 4.69) is 5.32 Å². The number of carbonyl (C=O) groups is 1. The van der Waals surface area contributed by atoms with Crippen molar-refractivity contribution in [3.63, 3.8) is 0 Å². The van der Waals surface area contributed by atoms with E-state index in [1.54, 1.807) is 0 Å². The predicted octanol–water partition coefficient (Wildman–Crippen LogP) is 1.30. The number of hydrogen-bond acceptors (Lipinski definition) is 2. The average Bonchev–Trinajstić information content (AvgIpc) is 2.93. The highest BCUT2D eigenvalue weighted by molar-refractivity contribution is 5.95. The third kappa shape index (κ3) is 1.84. The predicted molar refractivity (Wildman–Crippen MR) is 51.3 cm³/mol. The number of hydrogen-bond donors (Lipinski definition) is 2. The molecule has 3 N–H and O–H groups in total. The maximum Gasteiger partial charge on any atom is 0.254 e. The van der Waals surface area contributed by atoms with E-state index in [1.807, 2.05) is 0 Å². The van der Waals surface area contributed by atoms with Gasteiger partial charge in [0.15, 0.2) is 0 Å². The van der Waals surface area contributed by atoms with Crippen molar-refractivity contribution in [2.24, 2.45) is 0 Å². The van der Waals surface area contributed by atoms with Gasteiger partial charge in [-0.2, -0.15) is 0 Å². The second kappa shape index (κ2) is 3.29. The summed E-state index contributed by atoms with van der Waals surface area (Å²) < 4.78 is 13.2. The normalized spacial score (nSPS) is 15.2. The molecule has 0 aliphatic heterocycles. The molecule has 0 aromatic heterocycles. The number of nitrogens with one attached hydrogen (secondary N) is 1. The van der Waals surface area contributed by atoms with Gasteiger partial charge in [-0.1, -0.05) is 0 Å². The highest BCUT2D eigenvalue weighted by atomic mass is 19.1. The van der Waals surface area contributed by atoms with Crippen LogP contribution in [0.3, 0.4) is 0 Å². The molecule has 1 saturated carbocycles. The van der Waals surface area contributed by atoms with Crippen LogP contribution in [0.2, 0.25) is 0 Å². The number of anilines is 1. The minimum Gasteiger partial charge on any atom is -0.399 e. The monoisotopic (exact) mass is 194 g/mol.